The molecule has 104 valence electrons. The van der Waals surface area contributed by atoms with Crippen LogP contribution in [0.5, 0.6) is 0 Å². The van der Waals surface area contributed by atoms with Crippen LogP contribution in [0.2, 0.25) is 0 Å². The van der Waals surface area contributed by atoms with Crippen molar-refractivity contribution in [3.8, 4) is 0 Å². The summed E-state index contributed by atoms with van der Waals surface area (Å²) < 4.78 is 0.908. The van der Waals surface area contributed by atoms with Crippen LogP contribution in [0.1, 0.15) is 22.8 Å². The Bertz CT molecular complexity index is 488. The zero-order chi connectivity index (χ0) is 14.6. The van der Waals surface area contributed by atoms with Gasteiger partial charge in [0.1, 0.15) is 0 Å². The normalized spacial score (nSPS) is 11.8. The van der Waals surface area contributed by atoms with Crippen LogP contribution in [0.15, 0.2) is 22.7 Å². The molecule has 0 aromatic heterocycles. The highest BCUT2D eigenvalue weighted by Gasteiger charge is 2.18. The van der Waals surface area contributed by atoms with Gasteiger partial charge in [0.25, 0.3) is 5.91 Å². The van der Waals surface area contributed by atoms with E-state index in [1.807, 2.05) is 13.0 Å². The van der Waals surface area contributed by atoms with Crippen molar-refractivity contribution in [3.63, 3.8) is 0 Å². The van der Waals surface area contributed by atoms with E-state index in [9.17, 15) is 9.59 Å². The minimum absolute atomic E-state index is 0.0651. The first-order valence-electron chi connectivity index (χ1n) is 6.10. The lowest BCUT2D eigenvalue weighted by Crippen LogP contribution is -2.37. The van der Waals surface area contributed by atoms with Gasteiger partial charge in [-0.05, 0) is 24.6 Å². The largest absolute Gasteiger partial charge is 0.359 e. The molecule has 5 heteroatoms. The van der Waals surface area contributed by atoms with Crippen molar-refractivity contribution in [2.45, 2.75) is 13.8 Å². The fraction of sp³-hybridized carbons (Fsp3) is 0.429. The van der Waals surface area contributed by atoms with E-state index in [1.54, 1.807) is 38.1 Å². The number of carbonyl (C=O) groups is 2. The van der Waals surface area contributed by atoms with Crippen molar-refractivity contribution < 1.29 is 9.59 Å². The molecule has 1 unspecified atom stereocenters. The molecule has 0 aliphatic rings. The summed E-state index contributed by atoms with van der Waals surface area (Å²) in [6.07, 6.45) is 0. The van der Waals surface area contributed by atoms with Gasteiger partial charge in [-0.3, -0.25) is 9.59 Å². The minimum atomic E-state index is -0.229. The average Bonchev–Trinajstić information content (AvgIpc) is 2.39. The zero-order valence-corrected chi connectivity index (χ0v) is 13.2. The van der Waals surface area contributed by atoms with E-state index in [0.717, 1.165) is 10.0 Å². The van der Waals surface area contributed by atoms with Crippen molar-refractivity contribution >= 4 is 27.7 Å². The predicted molar refractivity (Wildman–Crippen MR) is 79.1 cm³/mol. The molecule has 0 radical (unpaired) electrons. The Labute approximate surface area is 122 Å². The Hall–Kier alpha value is -1.36. The molecule has 0 saturated carbocycles. The average molecular weight is 327 g/mol. The third-order valence-electron chi connectivity index (χ3n) is 3.01. The van der Waals surface area contributed by atoms with Crippen LogP contribution < -0.4 is 5.32 Å². The van der Waals surface area contributed by atoms with Gasteiger partial charge < -0.3 is 10.2 Å². The zero-order valence-electron chi connectivity index (χ0n) is 11.7. The molecular weight excluding hydrogens is 308 g/mol. The smallest absolute Gasteiger partial charge is 0.253 e. The van der Waals surface area contributed by atoms with Gasteiger partial charge in [-0.2, -0.15) is 0 Å². The van der Waals surface area contributed by atoms with E-state index < -0.39 is 0 Å². The molecule has 2 amide bonds. The highest BCUT2D eigenvalue weighted by molar-refractivity contribution is 9.10. The summed E-state index contributed by atoms with van der Waals surface area (Å²) in [4.78, 5) is 25.2. The number of nitrogens with zero attached hydrogens (tertiary/aromatic N) is 1. The number of aryl methyl sites for hydroxylation is 1. The van der Waals surface area contributed by atoms with E-state index in [-0.39, 0.29) is 17.7 Å². The van der Waals surface area contributed by atoms with Crippen LogP contribution in [-0.4, -0.2) is 37.4 Å². The third kappa shape index (κ3) is 4.06. The first-order valence-corrected chi connectivity index (χ1v) is 6.89. The summed E-state index contributed by atoms with van der Waals surface area (Å²) in [5.41, 5.74) is 1.70. The summed E-state index contributed by atoms with van der Waals surface area (Å²) >= 11 is 3.41. The van der Waals surface area contributed by atoms with Gasteiger partial charge in [-0.25, -0.2) is 0 Å². The minimum Gasteiger partial charge on any atom is -0.359 e. The quantitative estimate of drug-likeness (QED) is 0.922. The molecule has 1 N–H and O–H groups in total. The first kappa shape index (κ1) is 15.7. The van der Waals surface area contributed by atoms with Crippen LogP contribution in [0.25, 0.3) is 0 Å². The van der Waals surface area contributed by atoms with Crippen LogP contribution in [0.3, 0.4) is 0 Å². The van der Waals surface area contributed by atoms with E-state index in [2.05, 4.69) is 21.2 Å². The molecule has 0 fully saturated rings. The first-order chi connectivity index (χ1) is 8.86. The highest BCUT2D eigenvalue weighted by Crippen LogP contribution is 2.18. The van der Waals surface area contributed by atoms with Crippen LogP contribution >= 0.6 is 15.9 Å². The Kier molecular flexibility index (Phi) is 5.54. The molecular formula is C14H19BrN2O2. The summed E-state index contributed by atoms with van der Waals surface area (Å²) in [5.74, 6) is -0.381. The van der Waals surface area contributed by atoms with E-state index >= 15 is 0 Å². The summed E-state index contributed by atoms with van der Waals surface area (Å²) in [5, 5.41) is 2.58. The molecule has 0 spiro atoms. The van der Waals surface area contributed by atoms with Crippen molar-refractivity contribution in [2.75, 3.05) is 20.6 Å². The Morgan fingerprint density at radius 2 is 2.05 bits per heavy atom. The predicted octanol–water partition coefficient (Wildman–Crippen LogP) is 2.21. The molecule has 1 rings (SSSR count). The number of hydrogen-bond donors (Lipinski definition) is 1. The number of benzene rings is 1. The molecule has 0 saturated heterocycles. The van der Waals surface area contributed by atoms with Crippen LogP contribution in [0.4, 0.5) is 0 Å². The highest BCUT2D eigenvalue weighted by atomic mass is 79.9. The third-order valence-corrected chi connectivity index (χ3v) is 3.86. The van der Waals surface area contributed by atoms with Crippen LogP contribution in [-0.2, 0) is 4.79 Å². The van der Waals surface area contributed by atoms with Crippen molar-refractivity contribution in [3.05, 3.63) is 33.8 Å². The molecule has 4 nitrogen and oxygen atoms in total. The summed E-state index contributed by atoms with van der Waals surface area (Å²) in [7, 11) is 3.30. The van der Waals surface area contributed by atoms with Gasteiger partial charge in [0.15, 0.2) is 0 Å². The van der Waals surface area contributed by atoms with Crippen molar-refractivity contribution in [2.24, 2.45) is 5.92 Å². The molecule has 19 heavy (non-hydrogen) atoms. The standard InChI is InChI=1S/C14H19BrN2O2/c1-9-5-6-11(7-12(9)15)14(19)17(4)8-10(2)13(18)16-3/h5-7,10H,8H2,1-4H3,(H,16,18). The number of rotatable bonds is 4. The van der Waals surface area contributed by atoms with Gasteiger partial charge in [0, 0.05) is 30.7 Å². The summed E-state index contributed by atoms with van der Waals surface area (Å²) in [6.45, 7) is 4.16. The maximum absolute atomic E-state index is 12.2. The molecule has 0 aliphatic heterocycles. The SMILES string of the molecule is CNC(=O)C(C)CN(C)C(=O)c1ccc(C)c(Br)c1. The second kappa shape index (κ2) is 6.70. The monoisotopic (exact) mass is 326 g/mol. The maximum atomic E-state index is 12.2. The topological polar surface area (TPSA) is 49.4 Å². The van der Waals surface area contributed by atoms with Gasteiger partial charge >= 0.3 is 0 Å². The lowest BCUT2D eigenvalue weighted by molar-refractivity contribution is -0.124. The number of amides is 2. The lowest BCUT2D eigenvalue weighted by Gasteiger charge is -2.21. The van der Waals surface area contributed by atoms with Crippen molar-refractivity contribution in [1.82, 2.24) is 10.2 Å². The van der Waals surface area contributed by atoms with E-state index in [1.165, 1.54) is 0 Å². The van der Waals surface area contributed by atoms with Crippen LogP contribution in [0, 0.1) is 12.8 Å². The number of carbonyl (C=O) groups excluding carboxylic acids is 2. The van der Waals surface area contributed by atoms with Crippen molar-refractivity contribution in [1.29, 1.82) is 0 Å². The summed E-state index contributed by atoms with van der Waals surface area (Å²) in [6, 6.07) is 5.50. The second-order valence-electron chi connectivity index (χ2n) is 4.66. The lowest BCUT2D eigenvalue weighted by atomic mass is 10.1. The maximum Gasteiger partial charge on any atom is 0.253 e. The van der Waals surface area contributed by atoms with Gasteiger partial charge in [-0.1, -0.05) is 28.9 Å². The van der Waals surface area contributed by atoms with Gasteiger partial charge in [0.05, 0.1) is 5.92 Å². The Morgan fingerprint density at radius 3 is 2.58 bits per heavy atom. The molecule has 0 heterocycles. The molecule has 0 bridgehead atoms. The number of halogens is 1. The molecule has 1 atom stereocenters. The van der Waals surface area contributed by atoms with Gasteiger partial charge in [0.2, 0.25) is 5.91 Å². The van der Waals surface area contributed by atoms with Gasteiger partial charge in [-0.15, -0.1) is 0 Å². The Balaban J connectivity index is 2.76. The second-order valence-corrected chi connectivity index (χ2v) is 5.52. The van der Waals surface area contributed by atoms with E-state index in [4.69, 9.17) is 0 Å². The molecule has 1 aromatic carbocycles. The Morgan fingerprint density at radius 1 is 1.42 bits per heavy atom. The molecule has 1 aromatic rings. The van der Waals surface area contributed by atoms with E-state index in [0.29, 0.717) is 12.1 Å². The number of nitrogens with one attached hydrogen (secondary N) is 1. The number of hydrogen-bond acceptors (Lipinski definition) is 2. The molecule has 0 aliphatic carbocycles. The fourth-order valence-corrected chi connectivity index (χ4v) is 2.15. The fourth-order valence-electron chi connectivity index (χ4n) is 1.77.